The molecule has 1 nitrogen and oxygen atoms in total. The molecule has 0 bridgehead atoms. The third-order valence-electron chi connectivity index (χ3n) is 2.15. The number of hydrogen-bond acceptors (Lipinski definition) is 2. The second-order valence-corrected chi connectivity index (χ2v) is 3.79. The van der Waals surface area contributed by atoms with Crippen LogP contribution in [-0.4, -0.2) is 11.2 Å². The molecule has 0 amide bonds. The third kappa shape index (κ3) is 1.42. The lowest BCUT2D eigenvalue weighted by Gasteiger charge is -2.04. The van der Waals surface area contributed by atoms with Gasteiger partial charge < -0.3 is 0 Å². The topological polar surface area (TPSA) is 12.9 Å². The molecular formula is C11H11NS. The average Bonchev–Trinajstić information content (AvgIpc) is 2.19. The van der Waals surface area contributed by atoms with E-state index >= 15 is 0 Å². The van der Waals surface area contributed by atoms with E-state index < -0.39 is 0 Å². The predicted octanol–water partition coefficient (Wildman–Crippen LogP) is 3.27. The first-order chi connectivity index (χ1) is 6.33. The molecule has 0 unspecified atom stereocenters. The smallest absolute Gasteiger partial charge is 0.104 e. The highest BCUT2D eigenvalue weighted by Crippen LogP contribution is 2.25. The molecule has 0 saturated carbocycles. The van der Waals surface area contributed by atoms with Gasteiger partial charge in [0.1, 0.15) is 5.03 Å². The standard InChI is InChI=1S/C11H11NS/c1-8-7-12-11(13-2)10-6-4-3-5-9(8)10/h3-7H,1-2H3. The molecule has 0 radical (unpaired) electrons. The fourth-order valence-corrected chi connectivity index (χ4v) is 2.03. The van der Waals surface area contributed by atoms with E-state index in [4.69, 9.17) is 0 Å². The molecule has 1 aromatic heterocycles. The second kappa shape index (κ2) is 3.38. The van der Waals surface area contributed by atoms with E-state index in [0.717, 1.165) is 5.03 Å². The van der Waals surface area contributed by atoms with Gasteiger partial charge in [0.2, 0.25) is 0 Å². The predicted molar refractivity (Wildman–Crippen MR) is 58.3 cm³/mol. The van der Waals surface area contributed by atoms with Crippen molar-refractivity contribution in [2.45, 2.75) is 11.9 Å². The highest BCUT2D eigenvalue weighted by molar-refractivity contribution is 7.98. The molecule has 2 aromatic rings. The Labute approximate surface area is 82.2 Å². The van der Waals surface area contributed by atoms with Crippen LogP contribution >= 0.6 is 11.8 Å². The molecular weight excluding hydrogens is 178 g/mol. The molecule has 1 aromatic carbocycles. The molecule has 0 spiro atoms. The summed E-state index contributed by atoms with van der Waals surface area (Å²) < 4.78 is 0. The Bertz CT molecular complexity index is 437. The molecule has 0 saturated heterocycles. The zero-order valence-corrected chi connectivity index (χ0v) is 8.56. The fourth-order valence-electron chi connectivity index (χ4n) is 1.47. The van der Waals surface area contributed by atoms with Crippen LogP contribution in [-0.2, 0) is 0 Å². The van der Waals surface area contributed by atoms with Crippen molar-refractivity contribution in [3.63, 3.8) is 0 Å². The minimum Gasteiger partial charge on any atom is -0.249 e. The number of pyridine rings is 1. The van der Waals surface area contributed by atoms with Gasteiger partial charge in [-0.1, -0.05) is 24.3 Å². The average molecular weight is 189 g/mol. The maximum atomic E-state index is 4.39. The van der Waals surface area contributed by atoms with Crippen molar-refractivity contribution in [3.8, 4) is 0 Å². The molecule has 0 aliphatic heterocycles. The first kappa shape index (κ1) is 8.57. The minimum atomic E-state index is 1.11. The Morgan fingerprint density at radius 2 is 1.85 bits per heavy atom. The maximum absolute atomic E-state index is 4.39. The number of thioether (sulfide) groups is 1. The van der Waals surface area contributed by atoms with Crippen molar-refractivity contribution in [2.24, 2.45) is 0 Å². The van der Waals surface area contributed by atoms with Gasteiger partial charge in [0.25, 0.3) is 0 Å². The van der Waals surface area contributed by atoms with Crippen LogP contribution in [0.25, 0.3) is 10.8 Å². The third-order valence-corrected chi connectivity index (χ3v) is 2.86. The SMILES string of the molecule is CSc1ncc(C)c2ccccc12. The first-order valence-electron chi connectivity index (χ1n) is 4.21. The van der Waals surface area contributed by atoms with Gasteiger partial charge in [-0.15, -0.1) is 11.8 Å². The van der Waals surface area contributed by atoms with Crippen LogP contribution in [0.3, 0.4) is 0 Å². The summed E-state index contributed by atoms with van der Waals surface area (Å²) in [5.74, 6) is 0. The van der Waals surface area contributed by atoms with Gasteiger partial charge in [-0.3, -0.25) is 0 Å². The van der Waals surface area contributed by atoms with Crippen LogP contribution in [0.4, 0.5) is 0 Å². The number of hydrogen-bond donors (Lipinski definition) is 0. The Balaban J connectivity index is 2.84. The molecule has 0 fully saturated rings. The number of nitrogens with zero attached hydrogens (tertiary/aromatic N) is 1. The summed E-state index contributed by atoms with van der Waals surface area (Å²) in [7, 11) is 0. The van der Waals surface area contributed by atoms with Crippen molar-refractivity contribution in [1.29, 1.82) is 0 Å². The Hall–Kier alpha value is -1.02. The zero-order valence-electron chi connectivity index (χ0n) is 7.74. The summed E-state index contributed by atoms with van der Waals surface area (Å²) in [5, 5.41) is 3.68. The van der Waals surface area contributed by atoms with Gasteiger partial charge in [-0.25, -0.2) is 4.98 Å². The number of aryl methyl sites for hydroxylation is 1. The zero-order chi connectivity index (χ0) is 9.26. The van der Waals surface area contributed by atoms with Crippen molar-refractivity contribution < 1.29 is 0 Å². The number of rotatable bonds is 1. The largest absolute Gasteiger partial charge is 0.249 e. The number of aromatic nitrogens is 1. The quantitative estimate of drug-likeness (QED) is 0.639. The summed E-state index contributed by atoms with van der Waals surface area (Å²) in [4.78, 5) is 4.39. The summed E-state index contributed by atoms with van der Waals surface area (Å²) in [6, 6.07) is 8.40. The summed E-state index contributed by atoms with van der Waals surface area (Å²) >= 11 is 1.70. The lowest BCUT2D eigenvalue weighted by molar-refractivity contribution is 1.16. The van der Waals surface area contributed by atoms with E-state index in [9.17, 15) is 0 Å². The van der Waals surface area contributed by atoms with Gasteiger partial charge in [-0.2, -0.15) is 0 Å². The van der Waals surface area contributed by atoms with Crippen LogP contribution in [0.5, 0.6) is 0 Å². The normalized spacial score (nSPS) is 10.6. The highest BCUT2D eigenvalue weighted by atomic mass is 32.2. The van der Waals surface area contributed by atoms with Gasteiger partial charge in [0.05, 0.1) is 0 Å². The molecule has 1 heterocycles. The van der Waals surface area contributed by atoms with Crippen LogP contribution in [0.15, 0.2) is 35.5 Å². The van der Waals surface area contributed by atoms with E-state index in [1.807, 2.05) is 6.20 Å². The Kier molecular flexibility index (Phi) is 2.23. The fraction of sp³-hybridized carbons (Fsp3) is 0.182. The molecule has 13 heavy (non-hydrogen) atoms. The molecule has 0 aliphatic carbocycles. The van der Waals surface area contributed by atoms with Crippen LogP contribution in [0.2, 0.25) is 0 Å². The van der Waals surface area contributed by atoms with E-state index in [0.29, 0.717) is 0 Å². The molecule has 0 atom stereocenters. The van der Waals surface area contributed by atoms with Crippen molar-refractivity contribution in [2.75, 3.05) is 6.26 Å². The van der Waals surface area contributed by atoms with Crippen molar-refractivity contribution in [1.82, 2.24) is 4.98 Å². The Morgan fingerprint density at radius 1 is 1.15 bits per heavy atom. The monoisotopic (exact) mass is 189 g/mol. The molecule has 0 N–H and O–H groups in total. The second-order valence-electron chi connectivity index (χ2n) is 3.00. The number of benzene rings is 1. The van der Waals surface area contributed by atoms with E-state index in [1.54, 1.807) is 11.8 Å². The summed E-state index contributed by atoms with van der Waals surface area (Å²) in [5.41, 5.74) is 1.24. The minimum absolute atomic E-state index is 1.11. The molecule has 2 rings (SSSR count). The van der Waals surface area contributed by atoms with Gasteiger partial charge in [-0.05, 0) is 24.1 Å². The lowest BCUT2D eigenvalue weighted by Crippen LogP contribution is -1.85. The summed E-state index contributed by atoms with van der Waals surface area (Å²) in [6.45, 7) is 2.10. The van der Waals surface area contributed by atoms with Crippen LogP contribution in [0, 0.1) is 6.92 Å². The van der Waals surface area contributed by atoms with E-state index in [-0.39, 0.29) is 0 Å². The molecule has 0 aliphatic rings. The summed E-state index contributed by atoms with van der Waals surface area (Å²) in [6.07, 6.45) is 4.00. The lowest BCUT2D eigenvalue weighted by atomic mass is 10.1. The highest BCUT2D eigenvalue weighted by Gasteiger charge is 2.01. The first-order valence-corrected chi connectivity index (χ1v) is 5.43. The number of fused-ring (bicyclic) bond motifs is 1. The van der Waals surface area contributed by atoms with Crippen molar-refractivity contribution in [3.05, 3.63) is 36.0 Å². The van der Waals surface area contributed by atoms with Gasteiger partial charge >= 0.3 is 0 Å². The Morgan fingerprint density at radius 3 is 2.54 bits per heavy atom. The van der Waals surface area contributed by atoms with Crippen LogP contribution < -0.4 is 0 Å². The molecule has 66 valence electrons. The van der Waals surface area contributed by atoms with E-state index in [2.05, 4.69) is 42.4 Å². The van der Waals surface area contributed by atoms with Gasteiger partial charge in [0, 0.05) is 11.6 Å². The molecule has 2 heteroatoms. The van der Waals surface area contributed by atoms with E-state index in [1.165, 1.54) is 16.3 Å². The van der Waals surface area contributed by atoms with Crippen molar-refractivity contribution >= 4 is 22.5 Å². The maximum Gasteiger partial charge on any atom is 0.104 e. The van der Waals surface area contributed by atoms with Crippen LogP contribution in [0.1, 0.15) is 5.56 Å². The van der Waals surface area contributed by atoms with Gasteiger partial charge in [0.15, 0.2) is 0 Å².